The van der Waals surface area contributed by atoms with Crippen molar-refractivity contribution in [2.75, 3.05) is 11.1 Å². The Balaban J connectivity index is 2.58. The highest BCUT2D eigenvalue weighted by atomic mass is 32.1. The average molecular weight is 186 g/mol. The summed E-state index contributed by atoms with van der Waals surface area (Å²) in [6.45, 7) is 3.61. The predicted molar refractivity (Wildman–Crippen MR) is 47.8 cm³/mol. The lowest BCUT2D eigenvalue weighted by Gasteiger charge is -2.01. The Morgan fingerprint density at radius 2 is 2.25 bits per heavy atom. The van der Waals surface area contributed by atoms with E-state index in [0.717, 1.165) is 11.3 Å². The number of hydrogen-bond donors (Lipinski definition) is 2. The molecule has 0 atom stereocenters. The summed E-state index contributed by atoms with van der Waals surface area (Å²) in [4.78, 5) is 11.1. The van der Waals surface area contributed by atoms with Crippen LogP contribution in [0.2, 0.25) is 0 Å². The number of nitrogen functional groups attached to an aromatic ring is 1. The van der Waals surface area contributed by atoms with Crippen LogP contribution in [0.15, 0.2) is 0 Å². The van der Waals surface area contributed by atoms with E-state index in [-0.39, 0.29) is 11.8 Å². The van der Waals surface area contributed by atoms with E-state index < -0.39 is 0 Å². The Hall–Kier alpha value is -1.17. The van der Waals surface area contributed by atoms with E-state index >= 15 is 0 Å². The van der Waals surface area contributed by atoms with Gasteiger partial charge >= 0.3 is 0 Å². The molecule has 0 spiro atoms. The van der Waals surface area contributed by atoms with Gasteiger partial charge in [-0.25, -0.2) is 0 Å². The molecule has 12 heavy (non-hydrogen) atoms. The molecule has 1 aromatic rings. The van der Waals surface area contributed by atoms with Crippen LogP contribution in [0, 0.1) is 5.92 Å². The first-order chi connectivity index (χ1) is 5.59. The molecule has 0 aliphatic heterocycles. The summed E-state index contributed by atoms with van der Waals surface area (Å²) in [6.07, 6.45) is 0. The second-order valence-electron chi connectivity index (χ2n) is 2.59. The third-order valence-corrected chi connectivity index (χ3v) is 1.86. The van der Waals surface area contributed by atoms with Gasteiger partial charge in [-0.05, 0) is 0 Å². The maximum atomic E-state index is 11.1. The zero-order valence-electron chi connectivity index (χ0n) is 6.87. The van der Waals surface area contributed by atoms with Crippen LogP contribution in [0.4, 0.5) is 10.3 Å². The molecule has 0 saturated carbocycles. The van der Waals surface area contributed by atoms with Gasteiger partial charge in [-0.3, -0.25) is 4.79 Å². The second kappa shape index (κ2) is 3.48. The quantitative estimate of drug-likeness (QED) is 0.713. The molecule has 1 amide bonds. The van der Waals surface area contributed by atoms with Gasteiger partial charge in [0.15, 0.2) is 0 Å². The Morgan fingerprint density at radius 3 is 2.67 bits per heavy atom. The third kappa shape index (κ3) is 2.16. The van der Waals surface area contributed by atoms with Gasteiger partial charge in [0.2, 0.25) is 16.2 Å². The topological polar surface area (TPSA) is 80.9 Å². The van der Waals surface area contributed by atoms with Crippen molar-refractivity contribution in [1.29, 1.82) is 0 Å². The van der Waals surface area contributed by atoms with Crippen molar-refractivity contribution in [3.8, 4) is 0 Å². The number of carbonyl (C=O) groups is 1. The van der Waals surface area contributed by atoms with E-state index in [4.69, 9.17) is 5.73 Å². The van der Waals surface area contributed by atoms with Gasteiger partial charge in [0, 0.05) is 5.92 Å². The fourth-order valence-electron chi connectivity index (χ4n) is 0.535. The molecular weight excluding hydrogens is 176 g/mol. The third-order valence-electron chi connectivity index (χ3n) is 1.20. The normalized spacial score (nSPS) is 10.2. The molecular formula is C6H10N4OS. The number of amides is 1. The van der Waals surface area contributed by atoms with E-state index in [9.17, 15) is 4.79 Å². The number of hydrogen-bond acceptors (Lipinski definition) is 5. The van der Waals surface area contributed by atoms with E-state index in [1.165, 1.54) is 0 Å². The summed E-state index contributed by atoms with van der Waals surface area (Å²) >= 11 is 1.16. The zero-order valence-corrected chi connectivity index (χ0v) is 7.68. The van der Waals surface area contributed by atoms with Gasteiger partial charge in [0.05, 0.1) is 0 Å². The minimum atomic E-state index is -0.0776. The Labute approximate surface area is 74.0 Å². The molecule has 0 aliphatic carbocycles. The van der Waals surface area contributed by atoms with Crippen LogP contribution in [0.1, 0.15) is 13.8 Å². The van der Waals surface area contributed by atoms with Gasteiger partial charge in [-0.2, -0.15) is 0 Å². The molecule has 1 rings (SSSR count). The molecule has 0 bridgehead atoms. The summed E-state index contributed by atoms with van der Waals surface area (Å²) in [5.74, 6) is -0.138. The first-order valence-corrected chi connectivity index (χ1v) is 4.31. The first kappa shape index (κ1) is 8.92. The lowest BCUT2D eigenvalue weighted by atomic mass is 10.2. The van der Waals surface area contributed by atoms with Crippen LogP contribution in [0.3, 0.4) is 0 Å². The molecule has 0 saturated heterocycles. The molecule has 6 heteroatoms. The van der Waals surface area contributed by atoms with Gasteiger partial charge < -0.3 is 11.1 Å². The summed E-state index contributed by atoms with van der Waals surface area (Å²) in [5.41, 5.74) is 5.32. The number of nitrogens with zero attached hydrogens (tertiary/aromatic N) is 2. The van der Waals surface area contributed by atoms with Crippen molar-refractivity contribution in [3.05, 3.63) is 0 Å². The summed E-state index contributed by atoms with van der Waals surface area (Å²) in [7, 11) is 0. The molecule has 66 valence electrons. The number of nitrogens with one attached hydrogen (secondary N) is 1. The van der Waals surface area contributed by atoms with Crippen molar-refractivity contribution in [3.63, 3.8) is 0 Å². The van der Waals surface area contributed by atoms with Crippen LogP contribution >= 0.6 is 11.3 Å². The molecule has 5 nitrogen and oxygen atoms in total. The van der Waals surface area contributed by atoms with Crippen LogP contribution in [-0.2, 0) is 4.79 Å². The largest absolute Gasteiger partial charge is 0.374 e. The first-order valence-electron chi connectivity index (χ1n) is 3.49. The van der Waals surface area contributed by atoms with Gasteiger partial charge in [-0.1, -0.05) is 25.2 Å². The number of rotatable bonds is 2. The van der Waals surface area contributed by atoms with E-state index in [0.29, 0.717) is 10.3 Å². The highest BCUT2D eigenvalue weighted by Gasteiger charge is 2.09. The number of carbonyl (C=O) groups excluding carboxylic acids is 1. The average Bonchev–Trinajstić information content (AvgIpc) is 2.35. The Morgan fingerprint density at radius 1 is 1.58 bits per heavy atom. The smallest absolute Gasteiger partial charge is 0.228 e. The van der Waals surface area contributed by atoms with Crippen LogP contribution in [0.5, 0.6) is 0 Å². The van der Waals surface area contributed by atoms with Crippen molar-refractivity contribution in [2.45, 2.75) is 13.8 Å². The number of nitrogens with two attached hydrogens (primary N) is 1. The predicted octanol–water partition coefficient (Wildman–Crippen LogP) is 0.715. The monoisotopic (exact) mass is 186 g/mol. The lowest BCUT2D eigenvalue weighted by molar-refractivity contribution is -0.118. The molecule has 0 radical (unpaired) electrons. The van der Waals surface area contributed by atoms with Crippen molar-refractivity contribution < 1.29 is 4.79 Å². The second-order valence-corrected chi connectivity index (χ2v) is 3.60. The number of aromatic nitrogens is 2. The zero-order chi connectivity index (χ0) is 9.14. The van der Waals surface area contributed by atoms with E-state index in [1.807, 2.05) is 0 Å². The molecule has 1 aromatic heterocycles. The van der Waals surface area contributed by atoms with Crippen molar-refractivity contribution >= 4 is 27.5 Å². The summed E-state index contributed by atoms with van der Waals surface area (Å²) < 4.78 is 0. The van der Waals surface area contributed by atoms with E-state index in [1.54, 1.807) is 13.8 Å². The van der Waals surface area contributed by atoms with Crippen LogP contribution < -0.4 is 11.1 Å². The van der Waals surface area contributed by atoms with Gasteiger partial charge in [0.25, 0.3) is 0 Å². The summed E-state index contributed by atoms with van der Waals surface area (Å²) in [5, 5.41) is 10.6. The summed E-state index contributed by atoms with van der Waals surface area (Å²) in [6, 6.07) is 0. The highest BCUT2D eigenvalue weighted by molar-refractivity contribution is 7.18. The SMILES string of the molecule is CC(C)C(=O)Nc1nnc(N)s1. The maximum Gasteiger partial charge on any atom is 0.228 e. The fourth-order valence-corrected chi connectivity index (χ4v) is 1.05. The molecule has 0 aromatic carbocycles. The fraction of sp³-hybridized carbons (Fsp3) is 0.500. The minimum Gasteiger partial charge on any atom is -0.374 e. The Kier molecular flexibility index (Phi) is 2.59. The van der Waals surface area contributed by atoms with E-state index in [2.05, 4.69) is 15.5 Å². The van der Waals surface area contributed by atoms with Crippen LogP contribution in [0.25, 0.3) is 0 Å². The molecule has 0 fully saturated rings. The highest BCUT2D eigenvalue weighted by Crippen LogP contribution is 2.16. The molecule has 0 unspecified atom stereocenters. The van der Waals surface area contributed by atoms with Gasteiger partial charge in [0.1, 0.15) is 0 Å². The Bertz CT molecular complexity index is 283. The van der Waals surface area contributed by atoms with Crippen molar-refractivity contribution in [2.24, 2.45) is 5.92 Å². The van der Waals surface area contributed by atoms with Crippen LogP contribution in [-0.4, -0.2) is 16.1 Å². The minimum absolute atomic E-state index is 0.0601. The lowest BCUT2D eigenvalue weighted by Crippen LogP contribution is -2.17. The maximum absolute atomic E-state index is 11.1. The molecule has 0 aliphatic rings. The standard InChI is InChI=1S/C6H10N4OS/c1-3(2)4(11)8-6-10-9-5(7)12-6/h3H,1-2H3,(H2,7,9)(H,8,10,11). The number of anilines is 2. The molecule has 3 N–H and O–H groups in total. The van der Waals surface area contributed by atoms with Gasteiger partial charge in [-0.15, -0.1) is 10.2 Å². The molecule has 1 heterocycles. The van der Waals surface area contributed by atoms with Crippen molar-refractivity contribution in [1.82, 2.24) is 10.2 Å².